The number of aryl methyl sites for hydroxylation is 1. The van der Waals surface area contributed by atoms with Gasteiger partial charge in [0.1, 0.15) is 11.8 Å². The summed E-state index contributed by atoms with van der Waals surface area (Å²) in [6.45, 7) is 1.85. The highest BCUT2D eigenvalue weighted by molar-refractivity contribution is 6.02. The molecule has 0 aliphatic carbocycles. The summed E-state index contributed by atoms with van der Waals surface area (Å²) in [5, 5.41) is 0. The maximum absolute atomic E-state index is 15.0. The zero-order valence-corrected chi connectivity index (χ0v) is 12.1. The smallest absolute Gasteiger partial charge is 0.338 e. The number of aromatic nitrogens is 2. The molecule has 0 radical (unpaired) electrons. The van der Waals surface area contributed by atoms with Gasteiger partial charge in [-0.1, -0.05) is 24.3 Å². The van der Waals surface area contributed by atoms with E-state index in [1.54, 1.807) is 12.1 Å². The highest BCUT2D eigenvalue weighted by atomic mass is 19.1. The number of esters is 1. The minimum atomic E-state index is -0.620. The van der Waals surface area contributed by atoms with Gasteiger partial charge in [0.15, 0.2) is 5.82 Å². The molecule has 0 fully saturated rings. The topological polar surface area (TPSA) is 70.1 Å². The number of fused-ring (bicyclic) bond motifs is 1. The van der Waals surface area contributed by atoms with Crippen LogP contribution >= 0.6 is 0 Å². The minimum absolute atomic E-state index is 0.125. The molecule has 6 heteroatoms. The normalized spacial score (nSPS) is 10.9. The van der Waals surface area contributed by atoms with E-state index >= 15 is 4.39 Å². The number of hydrogen-bond donors (Lipinski definition) is 1. The largest absolute Gasteiger partial charge is 0.465 e. The summed E-state index contributed by atoms with van der Waals surface area (Å²) < 4.78 is 20.9. The van der Waals surface area contributed by atoms with Crippen LogP contribution in [-0.2, 0) is 4.74 Å². The van der Waals surface area contributed by atoms with Gasteiger partial charge in [-0.3, -0.25) is 0 Å². The third-order valence-corrected chi connectivity index (χ3v) is 3.62. The summed E-state index contributed by atoms with van der Waals surface area (Å²) in [6.07, 6.45) is 1.30. The van der Waals surface area contributed by atoms with Crippen molar-refractivity contribution in [3.8, 4) is 11.1 Å². The molecule has 0 saturated carbocycles. The lowest BCUT2D eigenvalue weighted by Crippen LogP contribution is -2.10. The predicted molar refractivity (Wildman–Crippen MR) is 81.4 cm³/mol. The average molecular weight is 299 g/mol. The van der Waals surface area contributed by atoms with Crippen LogP contribution in [0.15, 0.2) is 36.7 Å². The first-order valence-electron chi connectivity index (χ1n) is 6.63. The molecule has 0 aliphatic rings. The number of carbonyl (C=O) groups is 1. The van der Waals surface area contributed by atoms with E-state index in [-0.39, 0.29) is 16.6 Å². The maximum Gasteiger partial charge on any atom is 0.338 e. The van der Waals surface area contributed by atoms with E-state index in [1.807, 2.05) is 19.1 Å². The maximum atomic E-state index is 15.0. The molecule has 0 bridgehead atoms. The number of hydrogen-bond acceptors (Lipinski definition) is 4. The van der Waals surface area contributed by atoms with E-state index in [4.69, 9.17) is 10.6 Å². The molecule has 0 saturated heterocycles. The Morgan fingerprint density at radius 1 is 1.36 bits per heavy atom. The van der Waals surface area contributed by atoms with Crippen molar-refractivity contribution in [1.29, 1.82) is 0 Å². The van der Waals surface area contributed by atoms with Gasteiger partial charge >= 0.3 is 5.97 Å². The van der Waals surface area contributed by atoms with Crippen molar-refractivity contribution >= 4 is 17.0 Å². The van der Waals surface area contributed by atoms with Crippen LogP contribution in [0.1, 0.15) is 15.9 Å². The number of rotatable bonds is 2. The number of carbonyl (C=O) groups excluding carboxylic acids is 1. The first-order valence-corrected chi connectivity index (χ1v) is 6.63. The summed E-state index contributed by atoms with van der Waals surface area (Å²) in [5.74, 6) is 4.51. The van der Waals surface area contributed by atoms with Crippen LogP contribution in [0, 0.1) is 12.7 Å². The molecule has 0 atom stereocenters. The van der Waals surface area contributed by atoms with Crippen molar-refractivity contribution in [2.75, 3.05) is 13.0 Å². The third kappa shape index (κ3) is 2.00. The molecule has 22 heavy (non-hydrogen) atoms. The number of nitrogens with two attached hydrogens (primary N) is 1. The number of imidazole rings is 1. The number of nitrogen functional groups attached to an aromatic ring is 1. The van der Waals surface area contributed by atoms with Crippen molar-refractivity contribution in [3.63, 3.8) is 0 Å². The van der Waals surface area contributed by atoms with Gasteiger partial charge in [0.25, 0.3) is 0 Å². The van der Waals surface area contributed by atoms with Crippen LogP contribution in [0.2, 0.25) is 0 Å². The molecular weight excluding hydrogens is 285 g/mol. The molecule has 3 aromatic rings. The lowest BCUT2D eigenvalue weighted by Gasteiger charge is -2.13. The lowest BCUT2D eigenvalue weighted by atomic mass is 9.94. The molecule has 0 spiro atoms. The van der Waals surface area contributed by atoms with Crippen LogP contribution in [0.4, 0.5) is 4.39 Å². The van der Waals surface area contributed by atoms with E-state index in [0.717, 1.165) is 10.2 Å². The molecule has 1 aromatic heterocycles. The van der Waals surface area contributed by atoms with E-state index in [0.29, 0.717) is 11.1 Å². The molecule has 0 amide bonds. The second-order valence-electron chi connectivity index (χ2n) is 4.94. The van der Waals surface area contributed by atoms with Gasteiger partial charge < -0.3 is 10.6 Å². The SMILES string of the molecule is COC(=O)c1cc2ncn(N)c2c(F)c1-c1ccccc1C. The molecule has 0 unspecified atom stereocenters. The molecule has 112 valence electrons. The quantitative estimate of drug-likeness (QED) is 0.583. The van der Waals surface area contributed by atoms with Gasteiger partial charge in [-0.15, -0.1) is 0 Å². The van der Waals surface area contributed by atoms with Gasteiger partial charge in [0.2, 0.25) is 0 Å². The Morgan fingerprint density at radius 2 is 2.09 bits per heavy atom. The van der Waals surface area contributed by atoms with Crippen LogP contribution in [0.5, 0.6) is 0 Å². The Labute approximate surface area is 126 Å². The van der Waals surface area contributed by atoms with Crippen LogP contribution < -0.4 is 5.84 Å². The number of halogens is 1. The van der Waals surface area contributed by atoms with Gasteiger partial charge in [-0.25, -0.2) is 18.8 Å². The number of benzene rings is 2. The van der Waals surface area contributed by atoms with E-state index in [2.05, 4.69) is 4.98 Å². The minimum Gasteiger partial charge on any atom is -0.465 e. The number of nitrogens with zero attached hydrogens (tertiary/aromatic N) is 2. The molecule has 2 N–H and O–H groups in total. The predicted octanol–water partition coefficient (Wildman–Crippen LogP) is 2.65. The number of ether oxygens (including phenoxy) is 1. The monoisotopic (exact) mass is 299 g/mol. The Kier molecular flexibility index (Phi) is 3.29. The summed E-state index contributed by atoms with van der Waals surface area (Å²) in [6, 6.07) is 8.73. The molecule has 2 aromatic carbocycles. The van der Waals surface area contributed by atoms with Gasteiger partial charge in [-0.05, 0) is 24.1 Å². The molecular formula is C16H14FN3O2. The second kappa shape index (κ2) is 5.14. The van der Waals surface area contributed by atoms with Crippen molar-refractivity contribution in [3.05, 3.63) is 53.6 Å². The Bertz CT molecular complexity index is 886. The van der Waals surface area contributed by atoms with Gasteiger partial charge in [0.05, 0.1) is 18.2 Å². The summed E-state index contributed by atoms with van der Waals surface area (Å²) in [5.41, 5.74) is 2.20. The fourth-order valence-corrected chi connectivity index (χ4v) is 2.54. The first kappa shape index (κ1) is 14.1. The summed E-state index contributed by atoms with van der Waals surface area (Å²) >= 11 is 0. The van der Waals surface area contributed by atoms with E-state index in [1.165, 1.54) is 19.5 Å². The van der Waals surface area contributed by atoms with Crippen LogP contribution in [0.25, 0.3) is 22.2 Å². The average Bonchev–Trinajstić information content (AvgIpc) is 2.89. The highest BCUT2D eigenvalue weighted by Gasteiger charge is 2.23. The Morgan fingerprint density at radius 3 is 2.77 bits per heavy atom. The Hall–Kier alpha value is -2.89. The van der Waals surface area contributed by atoms with Crippen LogP contribution in [0.3, 0.4) is 0 Å². The van der Waals surface area contributed by atoms with Crippen molar-refractivity contribution < 1.29 is 13.9 Å². The molecule has 3 rings (SSSR count). The van der Waals surface area contributed by atoms with Crippen molar-refractivity contribution in [2.45, 2.75) is 6.92 Å². The van der Waals surface area contributed by atoms with Gasteiger partial charge in [-0.2, -0.15) is 0 Å². The molecule has 1 heterocycles. The van der Waals surface area contributed by atoms with E-state index in [9.17, 15) is 4.79 Å². The zero-order valence-electron chi connectivity index (χ0n) is 12.1. The second-order valence-corrected chi connectivity index (χ2v) is 4.94. The standard InChI is InChI=1S/C16H14FN3O2/c1-9-5-3-4-6-10(9)13-11(16(21)22-2)7-12-15(14(13)17)20(18)8-19-12/h3-8H,18H2,1-2H3. The summed E-state index contributed by atoms with van der Waals surface area (Å²) in [4.78, 5) is 16.1. The van der Waals surface area contributed by atoms with Crippen LogP contribution in [-0.4, -0.2) is 22.7 Å². The lowest BCUT2D eigenvalue weighted by molar-refractivity contribution is 0.0601. The Balaban J connectivity index is 2.44. The highest BCUT2D eigenvalue weighted by Crippen LogP contribution is 2.34. The first-order chi connectivity index (χ1) is 10.5. The zero-order chi connectivity index (χ0) is 15.9. The fourth-order valence-electron chi connectivity index (χ4n) is 2.54. The van der Waals surface area contributed by atoms with Crippen molar-refractivity contribution in [1.82, 2.24) is 9.66 Å². The summed E-state index contributed by atoms with van der Waals surface area (Å²) in [7, 11) is 1.26. The fraction of sp³-hybridized carbons (Fsp3) is 0.125. The molecule has 5 nitrogen and oxygen atoms in total. The van der Waals surface area contributed by atoms with Crippen molar-refractivity contribution in [2.24, 2.45) is 0 Å². The van der Waals surface area contributed by atoms with E-state index < -0.39 is 11.8 Å². The van der Waals surface area contributed by atoms with Gasteiger partial charge in [0, 0.05) is 5.56 Å². The third-order valence-electron chi connectivity index (χ3n) is 3.62. The number of methoxy groups -OCH3 is 1. The molecule has 0 aliphatic heterocycles.